The van der Waals surface area contributed by atoms with E-state index in [1.165, 1.54) is 37.1 Å². The minimum absolute atomic E-state index is 0.195. The van der Waals surface area contributed by atoms with Crippen LogP contribution in [0.15, 0.2) is 107 Å². The average molecular weight is 580 g/mol. The topological polar surface area (TPSA) is 94.3 Å². The maximum atomic E-state index is 13.7. The normalized spacial score (nSPS) is 14.9. The molecule has 1 aliphatic heterocycles. The number of hydrogen-bond acceptors (Lipinski definition) is 7. The number of amides is 1. The number of methoxy groups -OCH3 is 1. The van der Waals surface area contributed by atoms with Gasteiger partial charge in [-0.3, -0.25) is 19.8 Å². The molecular formula is C33H29N3O5S. The lowest BCUT2D eigenvalue weighted by molar-refractivity contribution is -0.385. The molecule has 1 amide bonds. The highest BCUT2D eigenvalue weighted by Crippen LogP contribution is 2.40. The first-order valence-corrected chi connectivity index (χ1v) is 14.2. The van der Waals surface area contributed by atoms with Gasteiger partial charge in [-0.1, -0.05) is 78.4 Å². The summed E-state index contributed by atoms with van der Waals surface area (Å²) >= 11 is 1.19. The summed E-state index contributed by atoms with van der Waals surface area (Å²) in [4.78, 5) is 32.0. The molecule has 4 aromatic carbocycles. The predicted molar refractivity (Wildman–Crippen MR) is 166 cm³/mol. The summed E-state index contributed by atoms with van der Waals surface area (Å²) in [7, 11) is 1.47. The van der Waals surface area contributed by atoms with Crippen molar-refractivity contribution < 1.29 is 19.2 Å². The number of benzene rings is 4. The zero-order chi connectivity index (χ0) is 29.5. The van der Waals surface area contributed by atoms with Crippen molar-refractivity contribution in [2.75, 3.05) is 13.7 Å². The van der Waals surface area contributed by atoms with E-state index in [-0.39, 0.29) is 29.5 Å². The van der Waals surface area contributed by atoms with Crippen LogP contribution in [0.1, 0.15) is 22.3 Å². The summed E-state index contributed by atoms with van der Waals surface area (Å²) in [5, 5.41) is 12.6. The molecule has 0 aromatic heterocycles. The number of aliphatic imine (C=N–C) groups is 1. The summed E-state index contributed by atoms with van der Waals surface area (Å²) < 4.78 is 11.4. The van der Waals surface area contributed by atoms with Gasteiger partial charge in [-0.05, 0) is 60.5 Å². The third-order valence-electron chi connectivity index (χ3n) is 6.65. The van der Waals surface area contributed by atoms with Gasteiger partial charge >= 0.3 is 0 Å². The van der Waals surface area contributed by atoms with Crippen molar-refractivity contribution >= 4 is 40.3 Å². The number of aryl methyl sites for hydroxylation is 1. The molecule has 42 heavy (non-hydrogen) atoms. The molecule has 5 rings (SSSR count). The van der Waals surface area contributed by atoms with Gasteiger partial charge in [0.15, 0.2) is 16.7 Å². The van der Waals surface area contributed by atoms with Gasteiger partial charge in [0.2, 0.25) is 0 Å². The second-order valence-corrected chi connectivity index (χ2v) is 10.6. The number of amidine groups is 1. The molecule has 0 bridgehead atoms. The molecule has 0 aliphatic carbocycles. The predicted octanol–water partition coefficient (Wildman–Crippen LogP) is 7.34. The Kier molecular flexibility index (Phi) is 8.99. The lowest BCUT2D eigenvalue weighted by Gasteiger charge is -2.15. The average Bonchev–Trinajstić information content (AvgIpc) is 3.29. The van der Waals surface area contributed by atoms with Gasteiger partial charge in [0.1, 0.15) is 6.61 Å². The minimum Gasteiger partial charge on any atom is -0.493 e. The molecule has 212 valence electrons. The van der Waals surface area contributed by atoms with Gasteiger partial charge in [-0.15, -0.1) is 0 Å². The highest BCUT2D eigenvalue weighted by molar-refractivity contribution is 8.18. The second kappa shape index (κ2) is 13.2. The van der Waals surface area contributed by atoms with Gasteiger partial charge in [0.05, 0.1) is 34.3 Å². The number of nitrogens with zero attached hydrogens (tertiary/aromatic N) is 3. The standard InChI is InChI=1S/C33H29N3O5S/c1-23-13-15-27(16-14-23)34-33-35(18-17-24-9-5-3-6-10-24)32(37)31(42-33)20-26-19-29(40-2)30(21-28(26)36(38)39)41-22-25-11-7-4-8-12-25/h3-16,19-21H,17-18,22H2,1-2H3/b31-20+,34-33?. The van der Waals surface area contributed by atoms with Crippen molar-refractivity contribution in [2.24, 2.45) is 4.99 Å². The van der Waals surface area contributed by atoms with Crippen LogP contribution in [-0.2, 0) is 17.8 Å². The van der Waals surface area contributed by atoms with Gasteiger partial charge in [-0.25, -0.2) is 4.99 Å². The van der Waals surface area contributed by atoms with E-state index >= 15 is 0 Å². The zero-order valence-corrected chi connectivity index (χ0v) is 24.0. The Labute approximate surface area is 248 Å². The molecule has 0 radical (unpaired) electrons. The highest BCUT2D eigenvalue weighted by Gasteiger charge is 2.34. The van der Waals surface area contributed by atoms with Crippen molar-refractivity contribution in [1.82, 2.24) is 4.90 Å². The largest absolute Gasteiger partial charge is 0.493 e. The van der Waals surface area contributed by atoms with Crippen molar-refractivity contribution in [3.63, 3.8) is 0 Å². The first-order valence-electron chi connectivity index (χ1n) is 13.3. The number of thioether (sulfide) groups is 1. The van der Waals surface area contributed by atoms with E-state index in [0.717, 1.165) is 22.4 Å². The Morgan fingerprint density at radius 1 is 0.929 bits per heavy atom. The maximum absolute atomic E-state index is 13.7. The minimum atomic E-state index is -0.486. The SMILES string of the molecule is COc1cc(/C=C2/SC(=Nc3ccc(C)cc3)N(CCc3ccccc3)C2=O)c([N+](=O)[O-])cc1OCc1ccccc1. The first-order chi connectivity index (χ1) is 20.4. The van der Waals surface area contributed by atoms with Crippen molar-refractivity contribution in [3.05, 3.63) is 134 Å². The van der Waals surface area contributed by atoms with Crippen LogP contribution in [0.2, 0.25) is 0 Å². The van der Waals surface area contributed by atoms with Crippen LogP contribution >= 0.6 is 11.8 Å². The van der Waals surface area contributed by atoms with Gasteiger partial charge < -0.3 is 9.47 Å². The van der Waals surface area contributed by atoms with Crippen LogP contribution in [0, 0.1) is 17.0 Å². The lowest BCUT2D eigenvalue weighted by atomic mass is 10.1. The van der Waals surface area contributed by atoms with Crippen LogP contribution in [0.25, 0.3) is 6.08 Å². The number of ether oxygens (including phenoxy) is 2. The Morgan fingerprint density at radius 3 is 2.24 bits per heavy atom. The fourth-order valence-corrected chi connectivity index (χ4v) is 5.41. The highest BCUT2D eigenvalue weighted by atomic mass is 32.2. The van der Waals surface area contributed by atoms with E-state index in [4.69, 9.17) is 14.5 Å². The van der Waals surface area contributed by atoms with Crippen LogP contribution in [0.3, 0.4) is 0 Å². The molecule has 9 heteroatoms. The van der Waals surface area contributed by atoms with Gasteiger partial charge in [0, 0.05) is 6.54 Å². The smallest absolute Gasteiger partial charge is 0.280 e. The van der Waals surface area contributed by atoms with Crippen molar-refractivity contribution in [3.8, 4) is 11.5 Å². The quantitative estimate of drug-likeness (QED) is 0.111. The molecule has 8 nitrogen and oxygen atoms in total. The number of nitro benzene ring substituents is 1. The summed E-state index contributed by atoms with van der Waals surface area (Å²) in [6.45, 7) is 2.63. The van der Waals surface area contributed by atoms with Crippen molar-refractivity contribution in [2.45, 2.75) is 20.0 Å². The van der Waals surface area contributed by atoms with Crippen LogP contribution in [0.4, 0.5) is 11.4 Å². The number of carbonyl (C=O) groups excluding carboxylic acids is 1. The Hall–Kier alpha value is -4.89. The van der Waals surface area contributed by atoms with Crippen molar-refractivity contribution in [1.29, 1.82) is 0 Å². The monoisotopic (exact) mass is 579 g/mol. The molecule has 0 atom stereocenters. The van der Waals surface area contributed by atoms with E-state index < -0.39 is 4.92 Å². The summed E-state index contributed by atoms with van der Waals surface area (Å²) in [6.07, 6.45) is 2.16. The van der Waals surface area contributed by atoms with Gasteiger partial charge in [-0.2, -0.15) is 0 Å². The molecule has 1 aliphatic rings. The fourth-order valence-electron chi connectivity index (χ4n) is 4.39. The van der Waals surface area contributed by atoms with E-state index in [2.05, 4.69) is 0 Å². The van der Waals surface area contributed by atoms with E-state index in [1.807, 2.05) is 91.9 Å². The number of nitro groups is 1. The zero-order valence-electron chi connectivity index (χ0n) is 23.2. The molecule has 0 spiro atoms. The first kappa shape index (κ1) is 28.6. The number of hydrogen-bond donors (Lipinski definition) is 0. The Balaban J connectivity index is 1.47. The third kappa shape index (κ3) is 6.87. The summed E-state index contributed by atoms with van der Waals surface area (Å²) in [5.74, 6) is 0.305. The Morgan fingerprint density at radius 2 is 1.60 bits per heavy atom. The van der Waals surface area contributed by atoms with E-state index in [0.29, 0.717) is 28.8 Å². The number of carbonyl (C=O) groups is 1. The molecule has 1 saturated heterocycles. The van der Waals surface area contributed by atoms with E-state index in [9.17, 15) is 14.9 Å². The molecule has 0 unspecified atom stereocenters. The second-order valence-electron chi connectivity index (χ2n) is 9.63. The molecule has 1 heterocycles. The van der Waals surface area contributed by atoms with Crippen LogP contribution in [0.5, 0.6) is 11.5 Å². The molecular weight excluding hydrogens is 550 g/mol. The Bertz CT molecular complexity index is 1640. The fraction of sp³-hybridized carbons (Fsp3) is 0.152. The summed E-state index contributed by atoms with van der Waals surface area (Å²) in [6, 6.07) is 30.0. The van der Waals surface area contributed by atoms with Gasteiger partial charge in [0.25, 0.3) is 11.6 Å². The molecule has 0 saturated carbocycles. The third-order valence-corrected chi connectivity index (χ3v) is 7.65. The number of rotatable bonds is 10. The maximum Gasteiger partial charge on any atom is 0.280 e. The summed E-state index contributed by atoms with van der Waals surface area (Å²) in [5.41, 5.74) is 3.87. The molecule has 4 aromatic rings. The van der Waals surface area contributed by atoms with E-state index in [1.54, 1.807) is 4.90 Å². The lowest BCUT2D eigenvalue weighted by Crippen LogP contribution is -2.31. The molecule has 1 fully saturated rings. The van der Waals surface area contributed by atoms with Crippen LogP contribution < -0.4 is 9.47 Å². The molecule has 0 N–H and O–H groups in total. The van der Waals surface area contributed by atoms with Crippen LogP contribution in [-0.4, -0.2) is 34.6 Å².